The molecule has 0 saturated carbocycles. The van der Waals surface area contributed by atoms with E-state index in [9.17, 15) is 0 Å². The second-order valence-corrected chi connectivity index (χ2v) is 3.58. The molecule has 2 aromatic rings. The third-order valence-electron chi connectivity index (χ3n) is 2.37. The minimum absolute atomic E-state index is 0.875. The second kappa shape index (κ2) is 4.73. The number of pyridine rings is 1. The van der Waals surface area contributed by atoms with Gasteiger partial charge in [0.2, 0.25) is 0 Å². The molecule has 0 atom stereocenters. The molecule has 0 saturated heterocycles. The first-order valence-electron chi connectivity index (χ1n) is 5.35. The van der Waals surface area contributed by atoms with Gasteiger partial charge in [-0.15, -0.1) is 0 Å². The minimum atomic E-state index is 0.875. The summed E-state index contributed by atoms with van der Waals surface area (Å²) >= 11 is 0. The van der Waals surface area contributed by atoms with Gasteiger partial charge in [0.1, 0.15) is 0 Å². The van der Waals surface area contributed by atoms with E-state index in [4.69, 9.17) is 0 Å². The van der Waals surface area contributed by atoms with Crippen LogP contribution in [0.5, 0.6) is 0 Å². The number of hydrogen-bond donors (Lipinski definition) is 0. The first-order valence-corrected chi connectivity index (χ1v) is 5.35. The lowest BCUT2D eigenvalue weighted by Gasteiger charge is -2.02. The van der Waals surface area contributed by atoms with Crippen molar-refractivity contribution in [2.45, 2.75) is 26.2 Å². The Balaban J connectivity index is 2.11. The van der Waals surface area contributed by atoms with Crippen LogP contribution < -0.4 is 0 Å². The fraction of sp³-hybridized carbons (Fsp3) is 0.333. The number of hydrogen-bond acceptors (Lipinski definition) is 2. The summed E-state index contributed by atoms with van der Waals surface area (Å²) in [7, 11) is 0. The maximum Gasteiger partial charge on any atom is 0.153 e. The highest BCUT2D eigenvalue weighted by Gasteiger charge is 1.97. The van der Waals surface area contributed by atoms with Crippen molar-refractivity contribution in [3.05, 3.63) is 42.4 Å². The molecule has 0 unspecified atom stereocenters. The molecule has 0 fully saturated rings. The van der Waals surface area contributed by atoms with Gasteiger partial charge < -0.3 is 0 Å². The van der Waals surface area contributed by atoms with Crippen LogP contribution in [-0.4, -0.2) is 14.8 Å². The third-order valence-corrected chi connectivity index (χ3v) is 2.37. The lowest BCUT2D eigenvalue weighted by atomic mass is 10.1. The van der Waals surface area contributed by atoms with Gasteiger partial charge in [0.05, 0.1) is 0 Å². The molecule has 0 radical (unpaired) electrons. The molecule has 3 heteroatoms. The summed E-state index contributed by atoms with van der Waals surface area (Å²) in [6, 6.07) is 6.03. The van der Waals surface area contributed by atoms with Crippen molar-refractivity contribution in [1.82, 2.24) is 14.8 Å². The predicted octanol–water partition coefficient (Wildman–Crippen LogP) is 2.61. The van der Waals surface area contributed by atoms with Gasteiger partial charge in [-0.3, -0.25) is 0 Å². The van der Waals surface area contributed by atoms with Crippen LogP contribution in [0.3, 0.4) is 0 Å². The van der Waals surface area contributed by atoms with Crippen molar-refractivity contribution in [1.29, 1.82) is 0 Å². The molecule has 2 aromatic heterocycles. The number of aryl methyl sites for hydroxylation is 1. The molecule has 0 amide bonds. The van der Waals surface area contributed by atoms with Gasteiger partial charge in [-0.05, 0) is 30.5 Å². The molecule has 0 aliphatic rings. The van der Waals surface area contributed by atoms with Crippen LogP contribution in [0.2, 0.25) is 0 Å². The van der Waals surface area contributed by atoms with E-state index in [2.05, 4.69) is 23.1 Å². The second-order valence-electron chi connectivity index (χ2n) is 3.58. The number of aromatic nitrogens is 3. The summed E-state index contributed by atoms with van der Waals surface area (Å²) < 4.78 is 1.77. The van der Waals surface area contributed by atoms with Crippen LogP contribution >= 0.6 is 0 Å². The highest BCUT2D eigenvalue weighted by atomic mass is 15.3. The van der Waals surface area contributed by atoms with Crippen LogP contribution in [-0.2, 0) is 6.42 Å². The van der Waals surface area contributed by atoms with E-state index in [1.807, 2.05) is 24.5 Å². The first-order chi connectivity index (χ1) is 7.40. The van der Waals surface area contributed by atoms with Crippen molar-refractivity contribution in [2.24, 2.45) is 0 Å². The number of rotatable bonds is 4. The van der Waals surface area contributed by atoms with Gasteiger partial charge in [-0.1, -0.05) is 19.4 Å². The third kappa shape index (κ3) is 2.43. The molecule has 2 rings (SSSR count). The van der Waals surface area contributed by atoms with Crippen molar-refractivity contribution >= 4 is 0 Å². The standard InChI is InChI=1S/C12H15N3/c1-2-3-5-11-6-7-12(13-10-11)15-9-4-8-14-15/h4,6-10H,2-3,5H2,1H3. The van der Waals surface area contributed by atoms with Crippen molar-refractivity contribution < 1.29 is 0 Å². The topological polar surface area (TPSA) is 30.7 Å². The summed E-state index contributed by atoms with van der Waals surface area (Å²) in [6.07, 6.45) is 9.15. The molecule has 0 aliphatic carbocycles. The molecule has 0 N–H and O–H groups in total. The maximum absolute atomic E-state index is 4.37. The Hall–Kier alpha value is -1.64. The van der Waals surface area contributed by atoms with Crippen molar-refractivity contribution in [2.75, 3.05) is 0 Å². The highest BCUT2D eigenvalue weighted by Crippen LogP contribution is 2.07. The summed E-state index contributed by atoms with van der Waals surface area (Å²) in [6.45, 7) is 2.20. The summed E-state index contributed by atoms with van der Waals surface area (Å²) in [5.41, 5.74) is 1.30. The molecule has 0 aliphatic heterocycles. The zero-order chi connectivity index (χ0) is 10.5. The average Bonchev–Trinajstić information content (AvgIpc) is 2.80. The number of nitrogens with zero attached hydrogens (tertiary/aromatic N) is 3. The lowest BCUT2D eigenvalue weighted by Crippen LogP contribution is -1.98. The zero-order valence-electron chi connectivity index (χ0n) is 8.93. The molecule has 0 bridgehead atoms. The van der Waals surface area contributed by atoms with Crippen LogP contribution in [0.4, 0.5) is 0 Å². The Bertz CT molecular complexity index is 389. The fourth-order valence-electron chi connectivity index (χ4n) is 1.49. The molecule has 2 heterocycles. The van der Waals surface area contributed by atoms with Gasteiger partial charge in [0, 0.05) is 18.6 Å². The smallest absolute Gasteiger partial charge is 0.153 e. The summed E-state index contributed by atoms with van der Waals surface area (Å²) in [4.78, 5) is 4.37. The number of unbranched alkanes of at least 4 members (excludes halogenated alkanes) is 1. The summed E-state index contributed by atoms with van der Waals surface area (Å²) in [5.74, 6) is 0.875. The average molecular weight is 201 g/mol. The Morgan fingerprint density at radius 3 is 2.87 bits per heavy atom. The highest BCUT2D eigenvalue weighted by molar-refractivity contribution is 5.24. The normalized spacial score (nSPS) is 10.5. The van der Waals surface area contributed by atoms with Gasteiger partial charge in [-0.2, -0.15) is 5.10 Å². The van der Waals surface area contributed by atoms with Crippen molar-refractivity contribution in [3.63, 3.8) is 0 Å². The quantitative estimate of drug-likeness (QED) is 0.761. The van der Waals surface area contributed by atoms with E-state index in [-0.39, 0.29) is 0 Å². The zero-order valence-corrected chi connectivity index (χ0v) is 8.93. The van der Waals surface area contributed by atoms with Crippen molar-refractivity contribution in [3.8, 4) is 5.82 Å². The van der Waals surface area contributed by atoms with Gasteiger partial charge in [-0.25, -0.2) is 9.67 Å². The minimum Gasteiger partial charge on any atom is -0.237 e. The summed E-state index contributed by atoms with van der Waals surface area (Å²) in [5, 5.41) is 4.13. The Morgan fingerprint density at radius 2 is 2.27 bits per heavy atom. The largest absolute Gasteiger partial charge is 0.237 e. The molecule has 3 nitrogen and oxygen atoms in total. The molecular formula is C12H15N3. The monoisotopic (exact) mass is 201 g/mol. The first kappa shape index (κ1) is 9.90. The molecule has 0 aromatic carbocycles. The van der Waals surface area contributed by atoms with E-state index in [0.29, 0.717) is 0 Å². The van der Waals surface area contributed by atoms with E-state index in [0.717, 1.165) is 12.2 Å². The Kier molecular flexibility index (Phi) is 3.12. The Morgan fingerprint density at radius 1 is 1.33 bits per heavy atom. The van der Waals surface area contributed by atoms with E-state index < -0.39 is 0 Å². The van der Waals surface area contributed by atoms with Crippen LogP contribution in [0.25, 0.3) is 5.82 Å². The van der Waals surface area contributed by atoms with Crippen LogP contribution in [0.15, 0.2) is 36.8 Å². The van der Waals surface area contributed by atoms with Gasteiger partial charge in [0.25, 0.3) is 0 Å². The van der Waals surface area contributed by atoms with E-state index in [1.54, 1.807) is 10.9 Å². The van der Waals surface area contributed by atoms with E-state index >= 15 is 0 Å². The lowest BCUT2D eigenvalue weighted by molar-refractivity contribution is 0.786. The van der Waals surface area contributed by atoms with Gasteiger partial charge in [0.15, 0.2) is 5.82 Å². The SMILES string of the molecule is CCCCc1ccc(-n2cccn2)nc1. The molecule has 15 heavy (non-hydrogen) atoms. The van der Waals surface area contributed by atoms with Crippen LogP contribution in [0, 0.1) is 0 Å². The molecular weight excluding hydrogens is 186 g/mol. The molecule has 78 valence electrons. The molecule has 0 spiro atoms. The maximum atomic E-state index is 4.37. The fourth-order valence-corrected chi connectivity index (χ4v) is 1.49. The van der Waals surface area contributed by atoms with E-state index in [1.165, 1.54) is 18.4 Å². The van der Waals surface area contributed by atoms with Gasteiger partial charge >= 0.3 is 0 Å². The Labute approximate surface area is 89.8 Å². The predicted molar refractivity (Wildman–Crippen MR) is 60.0 cm³/mol. The van der Waals surface area contributed by atoms with Crippen LogP contribution in [0.1, 0.15) is 25.3 Å².